The lowest BCUT2D eigenvalue weighted by atomic mass is 10.1. The van der Waals surface area contributed by atoms with Gasteiger partial charge < -0.3 is 10.1 Å². The zero-order valence-electron chi connectivity index (χ0n) is 14.7. The fourth-order valence-electron chi connectivity index (χ4n) is 2.16. The Hall–Kier alpha value is -3.60. The molecule has 0 heterocycles. The van der Waals surface area contributed by atoms with Crippen LogP contribution in [0.1, 0.15) is 23.6 Å². The van der Waals surface area contributed by atoms with Crippen LogP contribution in [0.4, 0.5) is 18.9 Å². The minimum absolute atomic E-state index is 0.164. The van der Waals surface area contributed by atoms with Gasteiger partial charge in [-0.25, -0.2) is 4.79 Å². The summed E-state index contributed by atoms with van der Waals surface area (Å²) in [6, 6.07) is 12.5. The molecule has 2 rings (SSSR count). The average molecular weight is 388 g/mol. The second-order valence-electron chi connectivity index (χ2n) is 5.72. The van der Waals surface area contributed by atoms with Crippen molar-refractivity contribution in [2.75, 3.05) is 5.32 Å². The molecule has 8 heteroatoms. The predicted molar refractivity (Wildman–Crippen MR) is 95.8 cm³/mol. The molecule has 1 amide bonds. The van der Waals surface area contributed by atoms with Crippen LogP contribution in [0.2, 0.25) is 0 Å². The molecule has 1 unspecified atom stereocenters. The molecular weight excluding hydrogens is 373 g/mol. The standard InChI is InChI=1S/C20H15F3N2O3/c1-13(19(27)25-17-7-3-5-15(11-17)12-24)28-18(26)9-8-14-4-2-6-16(10-14)20(21,22)23/h2-11,13H,1H3,(H,25,27). The first-order valence-electron chi connectivity index (χ1n) is 8.06. The van der Waals surface area contributed by atoms with E-state index in [4.69, 9.17) is 10.00 Å². The normalized spacial score (nSPS) is 12.2. The van der Waals surface area contributed by atoms with Gasteiger partial charge in [-0.05, 0) is 48.9 Å². The van der Waals surface area contributed by atoms with Crippen molar-refractivity contribution in [3.8, 4) is 6.07 Å². The number of benzene rings is 2. The van der Waals surface area contributed by atoms with Crippen LogP contribution in [0, 0.1) is 11.3 Å². The van der Waals surface area contributed by atoms with Gasteiger partial charge in [-0.3, -0.25) is 4.79 Å². The van der Waals surface area contributed by atoms with Crippen molar-refractivity contribution in [2.45, 2.75) is 19.2 Å². The Morgan fingerprint density at radius 1 is 1.18 bits per heavy atom. The molecule has 0 bridgehead atoms. The molecule has 0 aliphatic heterocycles. The fraction of sp³-hybridized carbons (Fsp3) is 0.150. The summed E-state index contributed by atoms with van der Waals surface area (Å²) in [6.45, 7) is 1.35. The summed E-state index contributed by atoms with van der Waals surface area (Å²) in [5, 5.41) is 11.3. The third kappa shape index (κ3) is 5.99. The van der Waals surface area contributed by atoms with Crippen LogP contribution in [0.25, 0.3) is 6.08 Å². The van der Waals surface area contributed by atoms with E-state index >= 15 is 0 Å². The molecule has 0 saturated heterocycles. The Labute approximate surface area is 159 Å². The maximum atomic E-state index is 12.7. The van der Waals surface area contributed by atoms with Gasteiger partial charge in [-0.15, -0.1) is 0 Å². The van der Waals surface area contributed by atoms with E-state index in [0.29, 0.717) is 11.3 Å². The number of hydrogen-bond acceptors (Lipinski definition) is 4. The SMILES string of the molecule is CC(OC(=O)C=Cc1cccc(C(F)(F)F)c1)C(=O)Nc1cccc(C#N)c1. The summed E-state index contributed by atoms with van der Waals surface area (Å²) in [5.74, 6) is -1.50. The highest BCUT2D eigenvalue weighted by molar-refractivity contribution is 5.96. The van der Waals surface area contributed by atoms with Gasteiger partial charge in [-0.2, -0.15) is 18.4 Å². The number of alkyl halides is 3. The lowest BCUT2D eigenvalue weighted by Crippen LogP contribution is -2.29. The fourth-order valence-corrected chi connectivity index (χ4v) is 2.16. The molecule has 1 atom stereocenters. The van der Waals surface area contributed by atoms with E-state index in [2.05, 4.69) is 5.32 Å². The minimum atomic E-state index is -4.49. The number of halogens is 3. The van der Waals surface area contributed by atoms with E-state index in [1.54, 1.807) is 18.2 Å². The number of ether oxygens (including phenoxy) is 1. The summed E-state index contributed by atoms with van der Waals surface area (Å²) in [5.41, 5.74) is 0.0467. The summed E-state index contributed by atoms with van der Waals surface area (Å²) >= 11 is 0. The number of carbonyl (C=O) groups excluding carboxylic acids is 2. The number of carbonyl (C=O) groups is 2. The van der Waals surface area contributed by atoms with E-state index in [1.165, 1.54) is 31.2 Å². The van der Waals surface area contributed by atoms with Crippen molar-refractivity contribution in [1.29, 1.82) is 5.26 Å². The Morgan fingerprint density at radius 2 is 1.89 bits per heavy atom. The van der Waals surface area contributed by atoms with E-state index in [-0.39, 0.29) is 5.56 Å². The summed E-state index contributed by atoms with van der Waals surface area (Å²) in [7, 11) is 0. The van der Waals surface area contributed by atoms with Crippen molar-refractivity contribution in [3.05, 3.63) is 71.3 Å². The van der Waals surface area contributed by atoms with Gasteiger partial charge in [0, 0.05) is 11.8 Å². The van der Waals surface area contributed by atoms with Crippen LogP contribution in [-0.4, -0.2) is 18.0 Å². The van der Waals surface area contributed by atoms with Gasteiger partial charge in [0.1, 0.15) is 0 Å². The zero-order valence-corrected chi connectivity index (χ0v) is 14.7. The number of nitrogens with one attached hydrogen (secondary N) is 1. The van der Waals surface area contributed by atoms with Gasteiger partial charge in [0.05, 0.1) is 17.2 Å². The van der Waals surface area contributed by atoms with Crippen molar-refractivity contribution < 1.29 is 27.5 Å². The highest BCUT2D eigenvalue weighted by Gasteiger charge is 2.30. The average Bonchev–Trinajstić information content (AvgIpc) is 2.66. The van der Waals surface area contributed by atoms with Crippen molar-refractivity contribution in [1.82, 2.24) is 0 Å². The molecule has 2 aromatic rings. The largest absolute Gasteiger partial charge is 0.449 e. The maximum absolute atomic E-state index is 12.7. The number of anilines is 1. The molecule has 2 aromatic carbocycles. The van der Waals surface area contributed by atoms with Gasteiger partial charge in [0.2, 0.25) is 0 Å². The monoisotopic (exact) mass is 388 g/mol. The predicted octanol–water partition coefficient (Wildman–Crippen LogP) is 4.16. The smallest absolute Gasteiger partial charge is 0.416 e. The highest BCUT2D eigenvalue weighted by Crippen LogP contribution is 2.29. The second-order valence-corrected chi connectivity index (χ2v) is 5.72. The molecule has 0 aromatic heterocycles. The number of hydrogen-bond donors (Lipinski definition) is 1. The Bertz CT molecular complexity index is 946. The van der Waals surface area contributed by atoms with E-state index in [0.717, 1.165) is 18.2 Å². The molecule has 28 heavy (non-hydrogen) atoms. The van der Waals surface area contributed by atoms with Crippen molar-refractivity contribution >= 4 is 23.6 Å². The Balaban J connectivity index is 1.95. The van der Waals surface area contributed by atoms with Crippen molar-refractivity contribution in [3.63, 3.8) is 0 Å². The van der Waals surface area contributed by atoms with E-state index in [1.807, 2.05) is 6.07 Å². The topological polar surface area (TPSA) is 79.2 Å². The van der Waals surface area contributed by atoms with Gasteiger partial charge >= 0.3 is 12.1 Å². The highest BCUT2D eigenvalue weighted by atomic mass is 19.4. The van der Waals surface area contributed by atoms with Crippen LogP contribution >= 0.6 is 0 Å². The molecule has 0 spiro atoms. The van der Waals surface area contributed by atoms with Crippen LogP contribution in [0.3, 0.4) is 0 Å². The third-order valence-corrected chi connectivity index (χ3v) is 3.55. The van der Waals surface area contributed by atoms with E-state index in [9.17, 15) is 22.8 Å². The molecular formula is C20H15F3N2O3. The first kappa shape index (κ1) is 20.7. The lowest BCUT2D eigenvalue weighted by molar-refractivity contribution is -0.148. The molecule has 1 N–H and O–H groups in total. The molecule has 0 aliphatic carbocycles. The molecule has 0 radical (unpaired) electrons. The van der Waals surface area contributed by atoms with Gasteiger partial charge in [0.15, 0.2) is 6.10 Å². The summed E-state index contributed by atoms with van der Waals surface area (Å²) in [6.07, 6.45) is -3.53. The lowest BCUT2D eigenvalue weighted by Gasteiger charge is -2.12. The maximum Gasteiger partial charge on any atom is 0.416 e. The number of rotatable bonds is 5. The Morgan fingerprint density at radius 3 is 2.57 bits per heavy atom. The van der Waals surface area contributed by atoms with Gasteiger partial charge in [0.25, 0.3) is 5.91 Å². The first-order valence-corrected chi connectivity index (χ1v) is 8.06. The van der Waals surface area contributed by atoms with Crippen LogP contribution in [-0.2, 0) is 20.5 Å². The van der Waals surface area contributed by atoms with Crippen LogP contribution in [0.15, 0.2) is 54.6 Å². The number of nitrogens with zero attached hydrogens (tertiary/aromatic N) is 1. The van der Waals surface area contributed by atoms with Gasteiger partial charge in [-0.1, -0.05) is 18.2 Å². The molecule has 0 fully saturated rings. The van der Waals surface area contributed by atoms with Crippen molar-refractivity contribution in [2.24, 2.45) is 0 Å². The number of amides is 1. The number of esters is 1. The molecule has 0 saturated carbocycles. The molecule has 144 valence electrons. The summed E-state index contributed by atoms with van der Waals surface area (Å²) in [4.78, 5) is 23.9. The van der Waals surface area contributed by atoms with Crippen LogP contribution in [0.5, 0.6) is 0 Å². The molecule has 0 aliphatic rings. The zero-order chi connectivity index (χ0) is 20.7. The quantitative estimate of drug-likeness (QED) is 0.616. The minimum Gasteiger partial charge on any atom is -0.449 e. The summed E-state index contributed by atoms with van der Waals surface area (Å²) < 4.78 is 43.0. The first-order chi connectivity index (χ1) is 13.2. The number of nitriles is 1. The van der Waals surface area contributed by atoms with Crippen LogP contribution < -0.4 is 5.32 Å². The second kappa shape index (κ2) is 8.86. The Kier molecular flexibility index (Phi) is 6.55. The van der Waals surface area contributed by atoms with E-state index < -0.39 is 29.7 Å². The molecule has 5 nitrogen and oxygen atoms in total. The third-order valence-electron chi connectivity index (χ3n) is 3.55.